The third-order valence-corrected chi connectivity index (χ3v) is 5.04. The molecule has 2 aliphatic rings. The lowest BCUT2D eigenvalue weighted by atomic mass is 9.89. The summed E-state index contributed by atoms with van der Waals surface area (Å²) in [6.07, 6.45) is 23.8. The molecular weight excluding hydrogens is 256 g/mol. The third kappa shape index (κ3) is 6.82. The molecule has 0 heterocycles. The van der Waals surface area contributed by atoms with Crippen LogP contribution in [-0.2, 0) is 4.74 Å². The van der Waals surface area contributed by atoms with Gasteiger partial charge in [0.25, 0.3) is 0 Å². The van der Waals surface area contributed by atoms with Crippen molar-refractivity contribution in [1.29, 1.82) is 0 Å². The monoisotopic (exact) mass is 290 g/mol. The maximum atomic E-state index is 6.06. The summed E-state index contributed by atoms with van der Waals surface area (Å²) in [7, 11) is 0. The van der Waals surface area contributed by atoms with Gasteiger partial charge in [0.15, 0.2) is 0 Å². The number of rotatable bonds is 6. The second kappa shape index (κ2) is 9.46. The Balaban J connectivity index is 1.67. The number of hydrogen-bond donors (Lipinski definition) is 0. The van der Waals surface area contributed by atoms with Crippen LogP contribution in [0.5, 0.6) is 0 Å². The molecular formula is C20H34O. The van der Waals surface area contributed by atoms with E-state index < -0.39 is 0 Å². The Morgan fingerprint density at radius 3 is 1.43 bits per heavy atom. The van der Waals surface area contributed by atoms with Gasteiger partial charge >= 0.3 is 0 Å². The minimum Gasteiger partial charge on any atom is -0.367 e. The fourth-order valence-electron chi connectivity index (χ4n) is 3.71. The van der Waals surface area contributed by atoms with Gasteiger partial charge in [0.2, 0.25) is 0 Å². The Kier molecular flexibility index (Phi) is 7.57. The zero-order valence-electron chi connectivity index (χ0n) is 14.1. The summed E-state index contributed by atoms with van der Waals surface area (Å²) in [6.45, 7) is 4.34. The molecule has 1 heteroatoms. The first-order valence-corrected chi connectivity index (χ1v) is 9.26. The lowest BCUT2D eigenvalue weighted by Gasteiger charge is -2.20. The molecule has 21 heavy (non-hydrogen) atoms. The summed E-state index contributed by atoms with van der Waals surface area (Å²) < 4.78 is 6.06. The molecule has 2 fully saturated rings. The van der Waals surface area contributed by atoms with E-state index >= 15 is 0 Å². The zero-order valence-corrected chi connectivity index (χ0v) is 14.1. The quantitative estimate of drug-likeness (QED) is 0.541. The first-order valence-electron chi connectivity index (χ1n) is 9.26. The summed E-state index contributed by atoms with van der Waals surface area (Å²) in [4.78, 5) is 0. The Labute approximate surface area is 131 Å². The van der Waals surface area contributed by atoms with Crippen LogP contribution in [0.4, 0.5) is 0 Å². The Hall–Kier alpha value is -0.560. The van der Waals surface area contributed by atoms with Gasteiger partial charge in [-0.15, -0.1) is 0 Å². The average Bonchev–Trinajstić information content (AvgIpc) is 2.53. The van der Waals surface area contributed by atoms with Crippen molar-refractivity contribution in [2.75, 3.05) is 0 Å². The van der Waals surface area contributed by atoms with E-state index in [1.54, 1.807) is 0 Å². The van der Waals surface area contributed by atoms with Crippen LogP contribution in [0, 0.1) is 11.8 Å². The van der Waals surface area contributed by atoms with E-state index in [4.69, 9.17) is 4.74 Å². The fourth-order valence-corrected chi connectivity index (χ4v) is 3.71. The van der Waals surface area contributed by atoms with Crippen molar-refractivity contribution in [1.82, 2.24) is 0 Å². The van der Waals surface area contributed by atoms with Gasteiger partial charge in [-0.05, 0) is 51.4 Å². The molecule has 0 bridgehead atoms. The van der Waals surface area contributed by atoms with Crippen molar-refractivity contribution < 1.29 is 4.74 Å². The summed E-state index contributed by atoms with van der Waals surface area (Å²) in [6, 6.07) is 0. The maximum Gasteiger partial charge on any atom is 0.0735 e. The van der Waals surface area contributed by atoms with E-state index in [1.165, 1.54) is 64.2 Å². The van der Waals surface area contributed by atoms with Crippen molar-refractivity contribution in [3.05, 3.63) is 24.3 Å². The van der Waals surface area contributed by atoms with E-state index in [1.807, 2.05) is 0 Å². The first kappa shape index (κ1) is 16.8. The minimum atomic E-state index is 0.234. The van der Waals surface area contributed by atoms with E-state index in [0.29, 0.717) is 0 Å². The predicted molar refractivity (Wildman–Crippen MR) is 91.4 cm³/mol. The van der Waals surface area contributed by atoms with Crippen LogP contribution in [-0.4, -0.2) is 12.2 Å². The molecule has 0 N–H and O–H groups in total. The minimum absolute atomic E-state index is 0.234. The molecule has 2 aliphatic carbocycles. The van der Waals surface area contributed by atoms with Crippen molar-refractivity contribution in [2.24, 2.45) is 11.8 Å². The normalized spacial score (nSPS) is 25.6. The highest BCUT2D eigenvalue weighted by Crippen LogP contribution is 2.26. The van der Waals surface area contributed by atoms with Gasteiger partial charge in [0, 0.05) is 0 Å². The van der Waals surface area contributed by atoms with Crippen LogP contribution in [0.15, 0.2) is 24.3 Å². The summed E-state index contributed by atoms with van der Waals surface area (Å²) in [5, 5.41) is 0. The van der Waals surface area contributed by atoms with Crippen molar-refractivity contribution in [3.8, 4) is 0 Å². The molecule has 0 aromatic heterocycles. The standard InChI is InChI=1S/C20H34O/c1-17(13-15-19-9-5-3-6-10-19)21-18(2)14-16-20-11-7-4-8-12-20/h13-20H,3-12H2,1-2H3/b15-13+,16-14+. The van der Waals surface area contributed by atoms with Gasteiger partial charge in [-0.3, -0.25) is 0 Å². The average molecular weight is 290 g/mol. The molecule has 0 aromatic carbocycles. The highest BCUT2D eigenvalue weighted by atomic mass is 16.5. The second-order valence-corrected chi connectivity index (χ2v) is 7.11. The lowest BCUT2D eigenvalue weighted by molar-refractivity contribution is 0.0623. The van der Waals surface area contributed by atoms with Gasteiger partial charge in [-0.2, -0.15) is 0 Å². The van der Waals surface area contributed by atoms with Crippen LogP contribution >= 0.6 is 0 Å². The van der Waals surface area contributed by atoms with Crippen LogP contribution in [0.25, 0.3) is 0 Å². The van der Waals surface area contributed by atoms with Crippen molar-refractivity contribution in [2.45, 2.75) is 90.3 Å². The van der Waals surface area contributed by atoms with Gasteiger partial charge in [-0.25, -0.2) is 0 Å². The van der Waals surface area contributed by atoms with Crippen molar-refractivity contribution >= 4 is 0 Å². The molecule has 0 amide bonds. The molecule has 2 saturated carbocycles. The molecule has 2 rings (SSSR count). The largest absolute Gasteiger partial charge is 0.367 e. The van der Waals surface area contributed by atoms with E-state index in [-0.39, 0.29) is 12.2 Å². The Morgan fingerprint density at radius 2 is 1.05 bits per heavy atom. The molecule has 0 spiro atoms. The molecule has 2 unspecified atom stereocenters. The fraction of sp³-hybridized carbons (Fsp3) is 0.800. The summed E-state index contributed by atoms with van der Waals surface area (Å²) in [5.74, 6) is 1.61. The van der Waals surface area contributed by atoms with Gasteiger partial charge in [-0.1, -0.05) is 62.8 Å². The van der Waals surface area contributed by atoms with E-state index in [9.17, 15) is 0 Å². The maximum absolute atomic E-state index is 6.06. The van der Waals surface area contributed by atoms with Gasteiger partial charge in [0.05, 0.1) is 12.2 Å². The van der Waals surface area contributed by atoms with Crippen LogP contribution in [0.2, 0.25) is 0 Å². The highest BCUT2D eigenvalue weighted by molar-refractivity contribution is 4.97. The first-order chi connectivity index (χ1) is 10.2. The number of allylic oxidation sites excluding steroid dienone is 2. The molecule has 2 atom stereocenters. The number of hydrogen-bond acceptors (Lipinski definition) is 1. The van der Waals surface area contributed by atoms with E-state index in [2.05, 4.69) is 38.2 Å². The topological polar surface area (TPSA) is 9.23 Å². The Morgan fingerprint density at radius 1 is 0.667 bits per heavy atom. The molecule has 0 saturated heterocycles. The highest BCUT2D eigenvalue weighted by Gasteiger charge is 2.12. The third-order valence-electron chi connectivity index (χ3n) is 5.04. The molecule has 0 aromatic rings. The molecule has 0 aliphatic heterocycles. The van der Waals surface area contributed by atoms with Crippen LogP contribution in [0.3, 0.4) is 0 Å². The smallest absolute Gasteiger partial charge is 0.0735 e. The lowest BCUT2D eigenvalue weighted by Crippen LogP contribution is -2.14. The van der Waals surface area contributed by atoms with Crippen LogP contribution < -0.4 is 0 Å². The van der Waals surface area contributed by atoms with Crippen LogP contribution in [0.1, 0.15) is 78.1 Å². The Bertz CT molecular complexity index is 287. The summed E-state index contributed by atoms with van der Waals surface area (Å²) >= 11 is 0. The number of ether oxygens (including phenoxy) is 1. The second-order valence-electron chi connectivity index (χ2n) is 7.11. The zero-order chi connectivity index (χ0) is 14.9. The molecule has 0 radical (unpaired) electrons. The predicted octanol–water partition coefficient (Wildman–Crippen LogP) is 6.05. The van der Waals surface area contributed by atoms with Gasteiger partial charge in [0.1, 0.15) is 0 Å². The molecule has 1 nitrogen and oxygen atoms in total. The van der Waals surface area contributed by atoms with Crippen molar-refractivity contribution in [3.63, 3.8) is 0 Å². The summed E-state index contributed by atoms with van der Waals surface area (Å²) in [5.41, 5.74) is 0. The SMILES string of the molecule is CC(/C=C/C1CCCCC1)OC(C)/C=C/C1CCCCC1. The molecule has 120 valence electrons. The van der Waals surface area contributed by atoms with E-state index in [0.717, 1.165) is 11.8 Å². The van der Waals surface area contributed by atoms with Gasteiger partial charge < -0.3 is 4.74 Å².